The number of thioether (sulfide) groups is 1. The largest absolute Gasteiger partial charge is 0.348 e. The van der Waals surface area contributed by atoms with Crippen LogP contribution in [0.15, 0.2) is 5.16 Å². The zero-order valence-corrected chi connectivity index (χ0v) is 13.8. The van der Waals surface area contributed by atoms with Crippen molar-refractivity contribution >= 4 is 30.1 Å². The lowest BCUT2D eigenvalue weighted by Crippen LogP contribution is -2.28. The Labute approximate surface area is 130 Å². The molecule has 2 heterocycles. The summed E-state index contributed by atoms with van der Waals surface area (Å²) in [5.41, 5.74) is 0. The molecular weight excluding hydrogens is 298 g/mol. The third kappa shape index (κ3) is 4.10. The number of carbonyl (C=O) groups is 1. The van der Waals surface area contributed by atoms with Gasteiger partial charge in [0.05, 0.1) is 5.75 Å². The molecule has 0 unspecified atom stereocenters. The highest BCUT2D eigenvalue weighted by atomic mass is 35.5. The van der Waals surface area contributed by atoms with E-state index in [0.717, 1.165) is 36.9 Å². The summed E-state index contributed by atoms with van der Waals surface area (Å²) in [6, 6.07) is 0. The van der Waals surface area contributed by atoms with E-state index in [0.29, 0.717) is 11.7 Å². The molecule has 0 atom stereocenters. The molecule has 0 radical (unpaired) electrons. The molecule has 1 fully saturated rings. The number of amides is 1. The molecule has 1 N–H and O–H groups in total. The predicted molar refractivity (Wildman–Crippen MR) is 82.5 cm³/mol. The van der Waals surface area contributed by atoms with Gasteiger partial charge in [-0.1, -0.05) is 11.8 Å². The van der Waals surface area contributed by atoms with Crippen molar-refractivity contribution in [2.75, 3.05) is 32.9 Å². The molecule has 1 aliphatic heterocycles. The molecule has 2 rings (SSSR count). The molecule has 0 aliphatic carbocycles. The number of nitrogens with zero attached hydrogens (tertiary/aromatic N) is 4. The smallest absolute Gasteiger partial charge is 0.232 e. The van der Waals surface area contributed by atoms with E-state index in [2.05, 4.69) is 15.5 Å². The quantitative estimate of drug-likeness (QED) is 0.835. The van der Waals surface area contributed by atoms with Crippen LogP contribution in [0.3, 0.4) is 0 Å². The van der Waals surface area contributed by atoms with Crippen molar-refractivity contribution in [1.29, 1.82) is 0 Å². The minimum Gasteiger partial charge on any atom is -0.348 e. The summed E-state index contributed by atoms with van der Waals surface area (Å²) in [7, 11) is 5.51. The second-order valence-electron chi connectivity index (χ2n) is 5.00. The third-order valence-electron chi connectivity index (χ3n) is 3.40. The van der Waals surface area contributed by atoms with Gasteiger partial charge in [-0.25, -0.2) is 0 Å². The number of halogens is 1. The molecule has 0 bridgehead atoms. The number of nitrogens with one attached hydrogen (secondary N) is 1. The second kappa shape index (κ2) is 7.85. The number of hydrogen-bond acceptors (Lipinski definition) is 5. The first-order valence-electron chi connectivity index (χ1n) is 6.52. The average molecular weight is 320 g/mol. The van der Waals surface area contributed by atoms with Gasteiger partial charge in [-0.15, -0.1) is 22.6 Å². The van der Waals surface area contributed by atoms with Gasteiger partial charge in [0.25, 0.3) is 0 Å². The van der Waals surface area contributed by atoms with Crippen molar-refractivity contribution in [1.82, 2.24) is 25.0 Å². The Morgan fingerprint density at radius 3 is 2.65 bits per heavy atom. The third-order valence-corrected chi connectivity index (χ3v) is 4.40. The molecule has 20 heavy (non-hydrogen) atoms. The highest BCUT2D eigenvalue weighted by molar-refractivity contribution is 7.99. The van der Waals surface area contributed by atoms with Crippen molar-refractivity contribution in [2.24, 2.45) is 7.05 Å². The van der Waals surface area contributed by atoms with Crippen LogP contribution in [-0.2, 0) is 11.8 Å². The SMILES string of the molecule is CN(C)C(=O)CSc1nnc(C2CCNCC2)n1C.Cl. The Bertz CT molecular complexity index is 445. The van der Waals surface area contributed by atoms with Crippen LogP contribution >= 0.6 is 24.2 Å². The first-order valence-corrected chi connectivity index (χ1v) is 7.51. The maximum absolute atomic E-state index is 11.6. The van der Waals surface area contributed by atoms with E-state index in [4.69, 9.17) is 0 Å². The summed E-state index contributed by atoms with van der Waals surface area (Å²) in [6.07, 6.45) is 2.21. The first kappa shape index (κ1) is 17.3. The van der Waals surface area contributed by atoms with Crippen LogP contribution in [-0.4, -0.2) is 58.5 Å². The highest BCUT2D eigenvalue weighted by Gasteiger charge is 2.22. The molecule has 114 valence electrons. The molecule has 0 aromatic carbocycles. The molecule has 1 aliphatic rings. The summed E-state index contributed by atoms with van der Waals surface area (Å²) < 4.78 is 2.03. The number of aromatic nitrogens is 3. The fourth-order valence-corrected chi connectivity index (χ4v) is 3.04. The number of piperidine rings is 1. The molecule has 1 saturated heterocycles. The van der Waals surface area contributed by atoms with E-state index < -0.39 is 0 Å². The summed E-state index contributed by atoms with van der Waals surface area (Å²) in [5, 5.41) is 12.7. The minimum atomic E-state index is 0. The van der Waals surface area contributed by atoms with Crippen molar-refractivity contribution in [2.45, 2.75) is 23.9 Å². The predicted octanol–water partition coefficient (Wildman–Crippen LogP) is 0.884. The molecule has 1 aromatic heterocycles. The van der Waals surface area contributed by atoms with Gasteiger partial charge in [0.15, 0.2) is 5.16 Å². The van der Waals surface area contributed by atoms with Crippen molar-refractivity contribution < 1.29 is 4.79 Å². The number of hydrogen-bond donors (Lipinski definition) is 1. The second-order valence-corrected chi connectivity index (χ2v) is 5.94. The molecular formula is C12H22ClN5OS. The van der Waals surface area contributed by atoms with Gasteiger partial charge in [-0.3, -0.25) is 4.79 Å². The van der Waals surface area contributed by atoms with Gasteiger partial charge in [0.2, 0.25) is 5.91 Å². The lowest BCUT2D eigenvalue weighted by Gasteiger charge is -2.21. The van der Waals surface area contributed by atoms with E-state index in [-0.39, 0.29) is 18.3 Å². The Morgan fingerprint density at radius 1 is 1.40 bits per heavy atom. The lowest BCUT2D eigenvalue weighted by molar-refractivity contribution is -0.125. The zero-order chi connectivity index (χ0) is 13.8. The topological polar surface area (TPSA) is 63.1 Å². The van der Waals surface area contributed by atoms with E-state index in [1.54, 1.807) is 19.0 Å². The maximum atomic E-state index is 11.6. The van der Waals surface area contributed by atoms with Crippen molar-refractivity contribution in [3.05, 3.63) is 5.82 Å². The van der Waals surface area contributed by atoms with Gasteiger partial charge in [-0.2, -0.15) is 0 Å². The van der Waals surface area contributed by atoms with Crippen LogP contribution in [0.25, 0.3) is 0 Å². The number of rotatable bonds is 4. The van der Waals surface area contributed by atoms with Crippen LogP contribution in [0.2, 0.25) is 0 Å². The first-order chi connectivity index (χ1) is 9.09. The normalized spacial score (nSPS) is 15.8. The van der Waals surface area contributed by atoms with Crippen LogP contribution in [0.5, 0.6) is 0 Å². The minimum absolute atomic E-state index is 0. The monoisotopic (exact) mass is 319 g/mol. The fourth-order valence-electron chi connectivity index (χ4n) is 2.14. The fraction of sp³-hybridized carbons (Fsp3) is 0.750. The van der Waals surface area contributed by atoms with Crippen LogP contribution in [0, 0.1) is 0 Å². The molecule has 0 spiro atoms. The number of carbonyl (C=O) groups excluding carboxylic acids is 1. The van der Waals surface area contributed by atoms with Gasteiger partial charge >= 0.3 is 0 Å². The van der Waals surface area contributed by atoms with Gasteiger partial charge in [0.1, 0.15) is 5.82 Å². The van der Waals surface area contributed by atoms with Crippen molar-refractivity contribution in [3.63, 3.8) is 0 Å². The van der Waals surface area contributed by atoms with Crippen LogP contribution in [0.1, 0.15) is 24.6 Å². The van der Waals surface area contributed by atoms with E-state index in [1.807, 2.05) is 11.6 Å². The molecule has 8 heteroatoms. The Balaban J connectivity index is 0.00000200. The summed E-state index contributed by atoms with van der Waals surface area (Å²) in [5.74, 6) is 2.03. The van der Waals surface area contributed by atoms with Gasteiger partial charge in [-0.05, 0) is 25.9 Å². The molecule has 1 amide bonds. The van der Waals surface area contributed by atoms with E-state index in [9.17, 15) is 4.79 Å². The summed E-state index contributed by atoms with van der Waals surface area (Å²) in [6.45, 7) is 2.08. The summed E-state index contributed by atoms with van der Waals surface area (Å²) >= 11 is 1.45. The van der Waals surface area contributed by atoms with E-state index in [1.165, 1.54) is 11.8 Å². The highest BCUT2D eigenvalue weighted by Crippen LogP contribution is 2.26. The van der Waals surface area contributed by atoms with Crippen molar-refractivity contribution in [3.8, 4) is 0 Å². The molecule has 1 aromatic rings. The molecule has 0 saturated carbocycles. The maximum Gasteiger partial charge on any atom is 0.232 e. The Hall–Kier alpha value is -0.790. The Morgan fingerprint density at radius 2 is 2.05 bits per heavy atom. The van der Waals surface area contributed by atoms with Crippen LogP contribution < -0.4 is 5.32 Å². The standard InChI is InChI=1S/C12H21N5OS.ClH/c1-16(2)10(18)8-19-12-15-14-11(17(12)3)9-4-6-13-7-5-9;/h9,13H,4-8H2,1-3H3;1H. The van der Waals surface area contributed by atoms with Gasteiger partial charge in [0, 0.05) is 27.1 Å². The zero-order valence-electron chi connectivity index (χ0n) is 12.1. The lowest BCUT2D eigenvalue weighted by atomic mass is 9.97. The average Bonchev–Trinajstić information content (AvgIpc) is 2.78. The Kier molecular flexibility index (Phi) is 6.78. The van der Waals surface area contributed by atoms with E-state index >= 15 is 0 Å². The summed E-state index contributed by atoms with van der Waals surface area (Å²) in [4.78, 5) is 13.2. The van der Waals surface area contributed by atoms with Gasteiger partial charge < -0.3 is 14.8 Å². The molecule has 6 nitrogen and oxygen atoms in total. The van der Waals surface area contributed by atoms with Crippen LogP contribution in [0.4, 0.5) is 0 Å².